The minimum Gasteiger partial charge on any atom is -0.392 e. The Kier molecular flexibility index (Phi) is 6.25. The third kappa shape index (κ3) is 3.79. The maximum atomic E-state index is 9.82. The summed E-state index contributed by atoms with van der Waals surface area (Å²) in [5, 5.41) is 11.8. The quantitative estimate of drug-likeness (QED) is 0.398. The lowest BCUT2D eigenvalue weighted by molar-refractivity contribution is 0.282. The molecule has 0 aliphatic rings. The lowest BCUT2D eigenvalue weighted by Crippen LogP contribution is -1.98. The average molecular weight is 468 g/mol. The number of nitrogens with zero attached hydrogens (tertiary/aromatic N) is 1. The Labute approximate surface area is 180 Å². The van der Waals surface area contributed by atoms with Gasteiger partial charge in [-0.1, -0.05) is 69.6 Å². The predicted molar refractivity (Wildman–Crippen MR) is 111 cm³/mol. The zero-order valence-corrected chi connectivity index (χ0v) is 17.4. The molecule has 0 unspecified atom stereocenters. The standard InChI is InChI=1S/C18H9Cl6NO/c19-11-5-15(23)13(21)3-9(11)17-8(7-26)1-2-25-18(17)10-4-14(22)16(24)6-12(10)20/h1-6,26H,7H2. The lowest BCUT2D eigenvalue weighted by atomic mass is 9.95. The van der Waals surface area contributed by atoms with Gasteiger partial charge in [0.1, 0.15) is 0 Å². The predicted octanol–water partition coefficient (Wildman–Crippen LogP) is 7.83. The Morgan fingerprint density at radius 1 is 0.692 bits per heavy atom. The van der Waals surface area contributed by atoms with Gasteiger partial charge < -0.3 is 5.11 Å². The molecule has 134 valence electrons. The molecule has 0 aliphatic heterocycles. The van der Waals surface area contributed by atoms with Crippen LogP contribution in [0, 0.1) is 0 Å². The van der Waals surface area contributed by atoms with Gasteiger partial charge in [0.15, 0.2) is 0 Å². The minimum absolute atomic E-state index is 0.236. The number of benzene rings is 2. The van der Waals surface area contributed by atoms with Crippen LogP contribution in [0.2, 0.25) is 30.1 Å². The van der Waals surface area contributed by atoms with Crippen LogP contribution in [0.1, 0.15) is 5.56 Å². The maximum Gasteiger partial charge on any atom is 0.0799 e. The van der Waals surface area contributed by atoms with Gasteiger partial charge in [0, 0.05) is 22.9 Å². The van der Waals surface area contributed by atoms with Crippen molar-refractivity contribution >= 4 is 69.6 Å². The second-order valence-corrected chi connectivity index (χ2v) is 7.79. The summed E-state index contributed by atoms with van der Waals surface area (Å²) >= 11 is 37.1. The molecule has 3 aromatic rings. The molecule has 0 amide bonds. The van der Waals surface area contributed by atoms with Crippen molar-refractivity contribution in [2.75, 3.05) is 0 Å². The Bertz CT molecular complexity index is 1010. The van der Waals surface area contributed by atoms with Crippen molar-refractivity contribution in [1.29, 1.82) is 0 Å². The molecule has 0 bridgehead atoms. The highest BCUT2D eigenvalue weighted by Gasteiger charge is 2.20. The zero-order chi connectivity index (χ0) is 19.0. The fraction of sp³-hybridized carbons (Fsp3) is 0.0556. The van der Waals surface area contributed by atoms with E-state index in [4.69, 9.17) is 69.6 Å². The van der Waals surface area contributed by atoms with Crippen molar-refractivity contribution in [2.24, 2.45) is 0 Å². The molecular formula is C18H9Cl6NO. The van der Waals surface area contributed by atoms with Gasteiger partial charge in [0.25, 0.3) is 0 Å². The molecular weight excluding hydrogens is 459 g/mol. The van der Waals surface area contributed by atoms with Crippen LogP contribution in [0.3, 0.4) is 0 Å². The molecule has 3 rings (SSSR count). The molecule has 0 spiro atoms. The van der Waals surface area contributed by atoms with Crippen molar-refractivity contribution in [3.8, 4) is 22.4 Å². The van der Waals surface area contributed by atoms with Crippen molar-refractivity contribution in [2.45, 2.75) is 6.61 Å². The van der Waals surface area contributed by atoms with Gasteiger partial charge in [0.05, 0.1) is 42.4 Å². The van der Waals surface area contributed by atoms with Gasteiger partial charge in [-0.25, -0.2) is 0 Å². The summed E-state index contributed by atoms with van der Waals surface area (Å²) in [6, 6.07) is 7.99. The van der Waals surface area contributed by atoms with Crippen LogP contribution in [0.4, 0.5) is 0 Å². The number of hydrogen-bond acceptors (Lipinski definition) is 2. The molecule has 1 heterocycles. The fourth-order valence-corrected chi connectivity index (χ4v) is 3.83. The second-order valence-electron chi connectivity index (χ2n) is 5.34. The van der Waals surface area contributed by atoms with E-state index in [0.717, 1.165) is 0 Å². The topological polar surface area (TPSA) is 33.1 Å². The average Bonchev–Trinajstić information content (AvgIpc) is 2.60. The summed E-state index contributed by atoms with van der Waals surface area (Å²) in [4.78, 5) is 4.43. The summed E-state index contributed by atoms with van der Waals surface area (Å²) in [5.74, 6) is 0. The van der Waals surface area contributed by atoms with Gasteiger partial charge in [-0.15, -0.1) is 0 Å². The van der Waals surface area contributed by atoms with Crippen molar-refractivity contribution in [1.82, 2.24) is 4.98 Å². The van der Waals surface area contributed by atoms with Gasteiger partial charge >= 0.3 is 0 Å². The first kappa shape index (κ1) is 20.0. The van der Waals surface area contributed by atoms with E-state index in [1.54, 1.807) is 24.4 Å². The van der Waals surface area contributed by atoms with Crippen LogP contribution in [0.5, 0.6) is 0 Å². The van der Waals surface area contributed by atoms with Crippen LogP contribution in [0.15, 0.2) is 36.5 Å². The summed E-state index contributed by atoms with van der Waals surface area (Å²) in [6.07, 6.45) is 1.56. The number of aliphatic hydroxyl groups excluding tert-OH is 1. The van der Waals surface area contributed by atoms with Crippen LogP contribution in [-0.2, 0) is 6.61 Å². The van der Waals surface area contributed by atoms with Crippen LogP contribution >= 0.6 is 69.6 Å². The van der Waals surface area contributed by atoms with Crippen molar-refractivity contribution in [3.05, 3.63) is 72.2 Å². The molecule has 1 N–H and O–H groups in total. The SMILES string of the molecule is OCc1ccnc(-c2cc(Cl)c(Cl)cc2Cl)c1-c1cc(Cl)c(Cl)cc1Cl. The van der Waals surface area contributed by atoms with Crippen molar-refractivity contribution in [3.63, 3.8) is 0 Å². The third-order valence-electron chi connectivity index (χ3n) is 3.75. The van der Waals surface area contributed by atoms with Gasteiger partial charge in [-0.05, 0) is 35.9 Å². The molecule has 2 aromatic carbocycles. The van der Waals surface area contributed by atoms with E-state index in [2.05, 4.69) is 4.98 Å². The minimum atomic E-state index is -0.236. The third-order valence-corrected chi connectivity index (χ3v) is 5.82. The van der Waals surface area contributed by atoms with Gasteiger partial charge in [-0.3, -0.25) is 4.98 Å². The molecule has 1 aromatic heterocycles. The first-order valence-electron chi connectivity index (χ1n) is 7.22. The molecule has 2 nitrogen and oxygen atoms in total. The van der Waals surface area contributed by atoms with E-state index < -0.39 is 0 Å². The lowest BCUT2D eigenvalue weighted by Gasteiger charge is -2.16. The monoisotopic (exact) mass is 465 g/mol. The Morgan fingerprint density at radius 3 is 1.77 bits per heavy atom. The number of rotatable bonds is 3. The van der Waals surface area contributed by atoms with E-state index >= 15 is 0 Å². The molecule has 0 fully saturated rings. The molecule has 0 saturated carbocycles. The summed E-state index contributed by atoms with van der Waals surface area (Å²) in [7, 11) is 0. The van der Waals surface area contributed by atoms with Crippen LogP contribution in [0.25, 0.3) is 22.4 Å². The number of halogens is 6. The molecule has 8 heteroatoms. The summed E-state index contributed by atoms with van der Waals surface area (Å²) < 4.78 is 0. The summed E-state index contributed by atoms with van der Waals surface area (Å²) in [5.41, 5.74) is 2.78. The van der Waals surface area contributed by atoms with Crippen LogP contribution < -0.4 is 0 Å². The fourth-order valence-electron chi connectivity index (χ4n) is 2.56. The van der Waals surface area contributed by atoms with E-state index in [9.17, 15) is 5.11 Å². The zero-order valence-electron chi connectivity index (χ0n) is 12.8. The number of hydrogen-bond donors (Lipinski definition) is 1. The highest BCUT2D eigenvalue weighted by atomic mass is 35.5. The van der Waals surface area contributed by atoms with E-state index in [1.807, 2.05) is 0 Å². The molecule has 0 radical (unpaired) electrons. The number of pyridine rings is 1. The van der Waals surface area contributed by atoms with E-state index in [-0.39, 0.29) is 6.61 Å². The van der Waals surface area contributed by atoms with Gasteiger partial charge in [-0.2, -0.15) is 0 Å². The first-order valence-corrected chi connectivity index (χ1v) is 9.48. The summed E-state index contributed by atoms with van der Waals surface area (Å²) in [6.45, 7) is -0.236. The largest absolute Gasteiger partial charge is 0.392 e. The maximum absolute atomic E-state index is 9.82. The number of aliphatic hydroxyl groups is 1. The van der Waals surface area contributed by atoms with E-state index in [0.29, 0.717) is 58.1 Å². The van der Waals surface area contributed by atoms with E-state index in [1.165, 1.54) is 12.1 Å². The first-order chi connectivity index (χ1) is 12.3. The smallest absolute Gasteiger partial charge is 0.0799 e. The highest BCUT2D eigenvalue weighted by Crippen LogP contribution is 2.43. The van der Waals surface area contributed by atoms with Crippen LogP contribution in [-0.4, -0.2) is 10.1 Å². The van der Waals surface area contributed by atoms with Crippen molar-refractivity contribution < 1.29 is 5.11 Å². The normalized spacial score (nSPS) is 11.0. The second kappa shape index (κ2) is 8.12. The molecule has 0 saturated heterocycles. The number of aromatic nitrogens is 1. The Hall–Kier alpha value is -0.710. The Balaban J connectivity index is 2.37. The molecule has 0 atom stereocenters. The molecule has 26 heavy (non-hydrogen) atoms. The highest BCUT2D eigenvalue weighted by molar-refractivity contribution is 6.45. The van der Waals surface area contributed by atoms with Gasteiger partial charge in [0.2, 0.25) is 0 Å². The Morgan fingerprint density at radius 2 is 1.19 bits per heavy atom. The molecule has 0 aliphatic carbocycles.